The summed E-state index contributed by atoms with van der Waals surface area (Å²) >= 11 is 0. The van der Waals surface area contributed by atoms with Gasteiger partial charge in [0.1, 0.15) is 5.75 Å². The highest BCUT2D eigenvalue weighted by Crippen LogP contribution is 2.12. The normalized spacial score (nSPS) is 14.1. The van der Waals surface area contributed by atoms with E-state index in [4.69, 9.17) is 9.47 Å². The van der Waals surface area contributed by atoms with Crippen molar-refractivity contribution in [3.8, 4) is 5.75 Å². The Morgan fingerprint density at radius 1 is 0.967 bits per heavy atom. The highest BCUT2D eigenvalue weighted by Gasteiger charge is 2.15. The van der Waals surface area contributed by atoms with Crippen LogP contribution in [0.3, 0.4) is 0 Å². The summed E-state index contributed by atoms with van der Waals surface area (Å²) in [5, 5.41) is 21.8. The molecular weight excluding hydrogens is 382 g/mol. The monoisotopic (exact) mass is 415 g/mol. The number of nitrogens with one attached hydrogen (secondary N) is 1. The van der Waals surface area contributed by atoms with E-state index >= 15 is 0 Å². The van der Waals surface area contributed by atoms with E-state index in [1.54, 1.807) is 19.1 Å². The molecule has 6 heteroatoms. The fourth-order valence-corrected chi connectivity index (χ4v) is 3.00. The number of aromatic hydroxyl groups is 1. The molecule has 0 aromatic heterocycles. The van der Waals surface area contributed by atoms with Crippen LogP contribution in [0.2, 0.25) is 0 Å². The van der Waals surface area contributed by atoms with Crippen molar-refractivity contribution in [3.63, 3.8) is 0 Å². The third-order valence-corrected chi connectivity index (χ3v) is 4.56. The van der Waals surface area contributed by atoms with Gasteiger partial charge in [0.25, 0.3) is 0 Å². The summed E-state index contributed by atoms with van der Waals surface area (Å²) in [5.74, 6) is 0.187. The Morgan fingerprint density at radius 3 is 2.33 bits per heavy atom. The summed E-state index contributed by atoms with van der Waals surface area (Å²) < 4.78 is 11.3. The number of amides is 1. The average Bonchev–Trinajstić information content (AvgIpc) is 2.73. The molecule has 1 amide bonds. The summed E-state index contributed by atoms with van der Waals surface area (Å²) in [6.45, 7) is 4.54. The van der Waals surface area contributed by atoms with Crippen LogP contribution < -0.4 is 5.32 Å². The first-order chi connectivity index (χ1) is 14.4. The van der Waals surface area contributed by atoms with E-state index < -0.39 is 6.10 Å². The van der Waals surface area contributed by atoms with Crippen LogP contribution in [0, 0.1) is 0 Å². The Bertz CT molecular complexity index is 733. The molecule has 6 nitrogen and oxygen atoms in total. The summed E-state index contributed by atoms with van der Waals surface area (Å²) in [5.41, 5.74) is 2.13. The molecule has 2 aromatic rings. The van der Waals surface area contributed by atoms with Gasteiger partial charge in [0.2, 0.25) is 5.91 Å². The number of aliphatic hydroxyl groups excluding tert-OH is 1. The van der Waals surface area contributed by atoms with Crippen molar-refractivity contribution in [2.24, 2.45) is 0 Å². The Labute approximate surface area is 178 Å². The van der Waals surface area contributed by atoms with Crippen LogP contribution in [-0.4, -0.2) is 54.2 Å². The molecule has 3 atom stereocenters. The summed E-state index contributed by atoms with van der Waals surface area (Å²) in [7, 11) is 0. The maximum atomic E-state index is 12.5. The van der Waals surface area contributed by atoms with Gasteiger partial charge in [-0.05, 0) is 49.9 Å². The molecule has 0 fully saturated rings. The second-order valence-electron chi connectivity index (χ2n) is 7.65. The first-order valence-electron chi connectivity index (χ1n) is 10.4. The molecule has 0 spiro atoms. The summed E-state index contributed by atoms with van der Waals surface area (Å²) in [6, 6.07) is 16.7. The fourth-order valence-electron chi connectivity index (χ4n) is 3.00. The van der Waals surface area contributed by atoms with E-state index in [0.29, 0.717) is 32.5 Å². The van der Waals surface area contributed by atoms with E-state index in [9.17, 15) is 15.0 Å². The van der Waals surface area contributed by atoms with Crippen molar-refractivity contribution >= 4 is 5.91 Å². The standard InChI is InChI=1S/C24H33NO5/c1-18(26)15-30-19(2)16-29-17-22(14-21-8-11-23(27)12-9-21)25-24(28)13-10-20-6-4-3-5-7-20/h3-9,11-12,18-19,22,26-27H,10,13-17H2,1-2H3,(H,25,28)/t18-,19-,22+/m1/s1. The maximum Gasteiger partial charge on any atom is 0.220 e. The Kier molecular flexibility index (Phi) is 10.3. The number of aryl methyl sites for hydroxylation is 1. The zero-order valence-corrected chi connectivity index (χ0v) is 17.8. The zero-order valence-electron chi connectivity index (χ0n) is 17.8. The molecule has 0 saturated heterocycles. The van der Waals surface area contributed by atoms with Gasteiger partial charge in [-0.25, -0.2) is 0 Å². The van der Waals surface area contributed by atoms with Gasteiger partial charge in [0, 0.05) is 6.42 Å². The summed E-state index contributed by atoms with van der Waals surface area (Å²) in [4.78, 5) is 12.5. The molecule has 0 heterocycles. The number of phenols is 1. The quantitative estimate of drug-likeness (QED) is 0.468. The number of phenolic OH excluding ortho intramolecular Hbond substituents is 1. The molecule has 2 aromatic carbocycles. The minimum atomic E-state index is -0.515. The minimum absolute atomic E-state index is 0.0235. The van der Waals surface area contributed by atoms with Gasteiger partial charge >= 0.3 is 0 Å². The van der Waals surface area contributed by atoms with E-state index in [1.807, 2.05) is 49.4 Å². The molecule has 0 aliphatic carbocycles. The lowest BCUT2D eigenvalue weighted by Crippen LogP contribution is -2.40. The number of hydrogen-bond acceptors (Lipinski definition) is 5. The number of benzene rings is 2. The van der Waals surface area contributed by atoms with Crippen LogP contribution in [0.5, 0.6) is 5.75 Å². The van der Waals surface area contributed by atoms with Crippen LogP contribution in [0.15, 0.2) is 54.6 Å². The Balaban J connectivity index is 1.86. The third kappa shape index (κ3) is 9.87. The predicted molar refractivity (Wildman–Crippen MR) is 116 cm³/mol. The molecule has 0 aliphatic rings. The fraction of sp³-hybridized carbons (Fsp3) is 0.458. The molecule has 3 N–H and O–H groups in total. The molecule has 0 bridgehead atoms. The molecular formula is C24H33NO5. The molecule has 0 radical (unpaired) electrons. The topological polar surface area (TPSA) is 88.0 Å². The highest BCUT2D eigenvalue weighted by molar-refractivity contribution is 5.76. The van der Waals surface area contributed by atoms with E-state index in [-0.39, 0.29) is 30.4 Å². The lowest BCUT2D eigenvalue weighted by atomic mass is 10.1. The smallest absolute Gasteiger partial charge is 0.220 e. The molecule has 30 heavy (non-hydrogen) atoms. The van der Waals surface area contributed by atoms with Crippen molar-refractivity contribution in [2.45, 2.75) is 51.4 Å². The number of hydrogen-bond donors (Lipinski definition) is 3. The number of ether oxygens (including phenoxy) is 2. The number of aliphatic hydroxyl groups is 1. The van der Waals surface area contributed by atoms with Gasteiger partial charge in [-0.3, -0.25) is 4.79 Å². The molecule has 0 aliphatic heterocycles. The van der Waals surface area contributed by atoms with Gasteiger partial charge in [0.15, 0.2) is 0 Å². The van der Waals surface area contributed by atoms with Crippen LogP contribution in [0.4, 0.5) is 0 Å². The zero-order chi connectivity index (χ0) is 21.8. The van der Waals surface area contributed by atoms with Gasteiger partial charge in [-0.2, -0.15) is 0 Å². The SMILES string of the molecule is C[C@H](COC[C@H](Cc1ccc(O)cc1)NC(=O)CCc1ccccc1)OC[C@@H](C)O. The molecule has 0 saturated carbocycles. The second kappa shape index (κ2) is 13.0. The van der Waals surface area contributed by atoms with Crippen LogP contribution in [0.1, 0.15) is 31.4 Å². The maximum absolute atomic E-state index is 12.5. The van der Waals surface area contributed by atoms with Crippen molar-refractivity contribution in [3.05, 3.63) is 65.7 Å². The third-order valence-electron chi connectivity index (χ3n) is 4.56. The Hall–Kier alpha value is -2.41. The summed E-state index contributed by atoms with van der Waals surface area (Å²) in [6.07, 6.45) is 1.02. The van der Waals surface area contributed by atoms with Gasteiger partial charge in [0.05, 0.1) is 38.1 Å². The van der Waals surface area contributed by atoms with Crippen molar-refractivity contribution in [1.82, 2.24) is 5.32 Å². The Morgan fingerprint density at radius 2 is 1.67 bits per heavy atom. The highest BCUT2D eigenvalue weighted by atomic mass is 16.5. The predicted octanol–water partition coefficient (Wildman–Crippen LogP) is 2.85. The van der Waals surface area contributed by atoms with Gasteiger partial charge in [-0.1, -0.05) is 42.5 Å². The van der Waals surface area contributed by atoms with Crippen molar-refractivity contribution in [1.29, 1.82) is 0 Å². The largest absolute Gasteiger partial charge is 0.508 e. The number of carbonyl (C=O) groups is 1. The van der Waals surface area contributed by atoms with E-state index in [1.165, 1.54) is 0 Å². The van der Waals surface area contributed by atoms with Gasteiger partial charge < -0.3 is 25.0 Å². The van der Waals surface area contributed by atoms with Gasteiger partial charge in [-0.15, -0.1) is 0 Å². The minimum Gasteiger partial charge on any atom is -0.508 e. The first kappa shape index (κ1) is 23.9. The second-order valence-corrected chi connectivity index (χ2v) is 7.65. The van der Waals surface area contributed by atoms with Crippen molar-refractivity contribution in [2.75, 3.05) is 19.8 Å². The van der Waals surface area contributed by atoms with Crippen LogP contribution in [0.25, 0.3) is 0 Å². The van der Waals surface area contributed by atoms with Crippen LogP contribution in [-0.2, 0) is 27.1 Å². The molecule has 164 valence electrons. The molecule has 0 unspecified atom stereocenters. The van der Waals surface area contributed by atoms with E-state index in [0.717, 1.165) is 11.1 Å². The lowest BCUT2D eigenvalue weighted by Gasteiger charge is -2.21. The lowest BCUT2D eigenvalue weighted by molar-refractivity contribution is -0.122. The van der Waals surface area contributed by atoms with E-state index in [2.05, 4.69) is 5.32 Å². The number of rotatable bonds is 13. The first-order valence-corrected chi connectivity index (χ1v) is 10.4. The average molecular weight is 416 g/mol. The molecule has 2 rings (SSSR count). The van der Waals surface area contributed by atoms with Crippen LogP contribution >= 0.6 is 0 Å². The van der Waals surface area contributed by atoms with Crippen molar-refractivity contribution < 1.29 is 24.5 Å². The number of carbonyl (C=O) groups excluding carboxylic acids is 1.